The lowest BCUT2D eigenvalue weighted by Gasteiger charge is -2.30. The molecule has 2 atom stereocenters. The summed E-state index contributed by atoms with van der Waals surface area (Å²) in [4.78, 5) is 12.5. The third-order valence-electron chi connectivity index (χ3n) is 6.33. The number of piperidine rings is 1. The highest BCUT2D eigenvalue weighted by Crippen LogP contribution is 2.37. The minimum atomic E-state index is -0.0582. The standard InChI is InChI=1S/C25H31NO4/c1-28-22-9-5-6-17(13-22)12-19-14-20(16-26-25(19)27)18-10-11-23(29-2)24(15-18)30-21-7-3-4-8-21/h5-6,9-11,13,15,19-21H,3-4,7-8,12,14,16H2,1-2H3,(H,26,27)/t19-,20+/m0/s1. The molecular formula is C25H31NO4. The highest BCUT2D eigenvalue weighted by Gasteiger charge is 2.30. The Balaban J connectivity index is 1.49. The maximum atomic E-state index is 12.5. The topological polar surface area (TPSA) is 56.8 Å². The van der Waals surface area contributed by atoms with Crippen LogP contribution in [-0.2, 0) is 11.2 Å². The second-order valence-corrected chi connectivity index (χ2v) is 8.36. The van der Waals surface area contributed by atoms with Crippen LogP contribution in [0.25, 0.3) is 0 Å². The zero-order valence-corrected chi connectivity index (χ0v) is 17.9. The second kappa shape index (κ2) is 9.41. The number of rotatable bonds is 7. The Labute approximate surface area is 178 Å². The highest BCUT2D eigenvalue weighted by molar-refractivity contribution is 5.80. The average molecular weight is 410 g/mol. The summed E-state index contributed by atoms with van der Waals surface area (Å²) < 4.78 is 17.1. The number of nitrogens with one attached hydrogen (secondary N) is 1. The Hall–Kier alpha value is -2.69. The quantitative estimate of drug-likeness (QED) is 0.732. The molecule has 2 aliphatic rings. The van der Waals surface area contributed by atoms with Crippen molar-refractivity contribution in [2.75, 3.05) is 20.8 Å². The first-order chi connectivity index (χ1) is 14.7. The van der Waals surface area contributed by atoms with E-state index >= 15 is 0 Å². The molecule has 1 heterocycles. The number of benzene rings is 2. The Morgan fingerprint density at radius 1 is 1.00 bits per heavy atom. The van der Waals surface area contributed by atoms with Crippen molar-refractivity contribution < 1.29 is 19.0 Å². The molecule has 0 bridgehead atoms. The summed E-state index contributed by atoms with van der Waals surface area (Å²) >= 11 is 0. The van der Waals surface area contributed by atoms with Gasteiger partial charge in [-0.15, -0.1) is 0 Å². The van der Waals surface area contributed by atoms with Crippen molar-refractivity contribution in [3.63, 3.8) is 0 Å². The summed E-state index contributed by atoms with van der Waals surface area (Å²) in [6.45, 7) is 0.655. The Bertz CT molecular complexity index is 875. The molecule has 1 aliphatic heterocycles. The van der Waals surface area contributed by atoms with E-state index in [-0.39, 0.29) is 23.8 Å². The maximum Gasteiger partial charge on any atom is 0.223 e. The first kappa shape index (κ1) is 20.6. The van der Waals surface area contributed by atoms with E-state index in [0.717, 1.165) is 42.1 Å². The van der Waals surface area contributed by atoms with Crippen LogP contribution in [0.5, 0.6) is 17.2 Å². The van der Waals surface area contributed by atoms with Crippen molar-refractivity contribution in [3.8, 4) is 17.2 Å². The molecule has 1 saturated carbocycles. The molecular weight excluding hydrogens is 378 g/mol. The number of hydrogen-bond donors (Lipinski definition) is 1. The Morgan fingerprint density at radius 2 is 1.83 bits per heavy atom. The number of hydrogen-bond acceptors (Lipinski definition) is 4. The van der Waals surface area contributed by atoms with Gasteiger partial charge in [-0.1, -0.05) is 18.2 Å². The summed E-state index contributed by atoms with van der Waals surface area (Å²) in [5.74, 6) is 2.75. The van der Waals surface area contributed by atoms with E-state index in [2.05, 4.69) is 23.5 Å². The fourth-order valence-corrected chi connectivity index (χ4v) is 4.64. The summed E-state index contributed by atoms with van der Waals surface area (Å²) in [6, 6.07) is 14.2. The zero-order chi connectivity index (χ0) is 20.9. The van der Waals surface area contributed by atoms with Crippen LogP contribution in [0.1, 0.15) is 49.1 Å². The zero-order valence-electron chi connectivity index (χ0n) is 17.9. The fraction of sp³-hybridized carbons (Fsp3) is 0.480. The lowest BCUT2D eigenvalue weighted by atomic mass is 9.82. The predicted octanol–water partition coefficient (Wildman–Crippen LogP) is 4.49. The van der Waals surface area contributed by atoms with Crippen molar-refractivity contribution >= 4 is 5.91 Å². The van der Waals surface area contributed by atoms with Gasteiger partial charge >= 0.3 is 0 Å². The number of carbonyl (C=O) groups excluding carboxylic acids is 1. The molecule has 2 aromatic carbocycles. The molecule has 0 spiro atoms. The van der Waals surface area contributed by atoms with Crippen LogP contribution in [0.2, 0.25) is 0 Å². The normalized spacial score (nSPS) is 21.9. The number of amides is 1. The molecule has 1 aliphatic carbocycles. The third-order valence-corrected chi connectivity index (χ3v) is 6.33. The van der Waals surface area contributed by atoms with Gasteiger partial charge in [-0.25, -0.2) is 0 Å². The van der Waals surface area contributed by atoms with E-state index < -0.39 is 0 Å². The number of ether oxygens (including phenoxy) is 3. The molecule has 5 heteroatoms. The molecule has 4 rings (SSSR count). The molecule has 160 valence electrons. The van der Waals surface area contributed by atoms with Crippen LogP contribution in [0.15, 0.2) is 42.5 Å². The SMILES string of the molecule is COc1cccc(C[C@H]2C[C@@H](c3ccc(OC)c(OC4CCCC4)c3)CNC2=O)c1. The van der Waals surface area contributed by atoms with Gasteiger partial charge in [-0.2, -0.15) is 0 Å². The first-order valence-corrected chi connectivity index (χ1v) is 10.9. The van der Waals surface area contributed by atoms with E-state index in [1.54, 1.807) is 14.2 Å². The van der Waals surface area contributed by atoms with Crippen molar-refractivity contribution in [1.82, 2.24) is 5.32 Å². The van der Waals surface area contributed by atoms with Gasteiger partial charge in [-0.05, 0) is 73.9 Å². The van der Waals surface area contributed by atoms with Crippen molar-refractivity contribution in [2.24, 2.45) is 5.92 Å². The molecule has 2 fully saturated rings. The molecule has 0 radical (unpaired) electrons. The van der Waals surface area contributed by atoms with Crippen molar-refractivity contribution in [3.05, 3.63) is 53.6 Å². The lowest BCUT2D eigenvalue weighted by Crippen LogP contribution is -2.41. The molecule has 1 saturated heterocycles. The van der Waals surface area contributed by atoms with Crippen LogP contribution in [-0.4, -0.2) is 32.8 Å². The minimum absolute atomic E-state index is 0.0582. The van der Waals surface area contributed by atoms with E-state index in [1.807, 2.05) is 24.3 Å². The average Bonchev–Trinajstić information content (AvgIpc) is 3.28. The minimum Gasteiger partial charge on any atom is -0.497 e. The van der Waals surface area contributed by atoms with Gasteiger partial charge in [0.1, 0.15) is 5.75 Å². The summed E-state index contributed by atoms with van der Waals surface area (Å²) in [6.07, 6.45) is 6.48. The van der Waals surface area contributed by atoms with Crippen LogP contribution in [0.3, 0.4) is 0 Å². The fourth-order valence-electron chi connectivity index (χ4n) is 4.64. The van der Waals surface area contributed by atoms with E-state index in [4.69, 9.17) is 14.2 Å². The van der Waals surface area contributed by atoms with E-state index in [9.17, 15) is 4.79 Å². The van der Waals surface area contributed by atoms with Crippen LogP contribution in [0.4, 0.5) is 0 Å². The van der Waals surface area contributed by atoms with Crippen molar-refractivity contribution in [1.29, 1.82) is 0 Å². The van der Waals surface area contributed by atoms with Gasteiger partial charge in [0.05, 0.1) is 20.3 Å². The first-order valence-electron chi connectivity index (χ1n) is 10.9. The van der Waals surface area contributed by atoms with Gasteiger partial charge in [-0.3, -0.25) is 4.79 Å². The van der Waals surface area contributed by atoms with Gasteiger partial charge < -0.3 is 19.5 Å². The number of methoxy groups -OCH3 is 2. The van der Waals surface area contributed by atoms with Crippen LogP contribution in [0, 0.1) is 5.92 Å². The lowest BCUT2D eigenvalue weighted by molar-refractivity contribution is -0.126. The summed E-state index contributed by atoms with van der Waals surface area (Å²) in [7, 11) is 3.35. The highest BCUT2D eigenvalue weighted by atomic mass is 16.5. The molecule has 5 nitrogen and oxygen atoms in total. The molecule has 0 unspecified atom stereocenters. The smallest absolute Gasteiger partial charge is 0.223 e. The molecule has 1 amide bonds. The predicted molar refractivity (Wildman–Crippen MR) is 116 cm³/mol. The third kappa shape index (κ3) is 4.72. The van der Waals surface area contributed by atoms with Crippen LogP contribution < -0.4 is 19.5 Å². The molecule has 1 N–H and O–H groups in total. The Morgan fingerprint density at radius 3 is 2.60 bits per heavy atom. The summed E-state index contributed by atoms with van der Waals surface area (Å²) in [5.41, 5.74) is 2.31. The van der Waals surface area contributed by atoms with Gasteiger partial charge in [0.25, 0.3) is 0 Å². The molecule has 0 aromatic heterocycles. The van der Waals surface area contributed by atoms with Crippen LogP contribution >= 0.6 is 0 Å². The van der Waals surface area contributed by atoms with Gasteiger partial charge in [0.2, 0.25) is 5.91 Å². The number of carbonyl (C=O) groups is 1. The van der Waals surface area contributed by atoms with Gasteiger partial charge in [0, 0.05) is 18.4 Å². The van der Waals surface area contributed by atoms with E-state index in [1.165, 1.54) is 18.4 Å². The summed E-state index contributed by atoms with van der Waals surface area (Å²) in [5, 5.41) is 3.11. The maximum absolute atomic E-state index is 12.5. The molecule has 2 aromatic rings. The monoisotopic (exact) mass is 409 g/mol. The Kier molecular flexibility index (Phi) is 6.46. The second-order valence-electron chi connectivity index (χ2n) is 8.36. The largest absolute Gasteiger partial charge is 0.497 e. The van der Waals surface area contributed by atoms with Gasteiger partial charge in [0.15, 0.2) is 11.5 Å². The molecule has 30 heavy (non-hydrogen) atoms. The van der Waals surface area contributed by atoms with Crippen molar-refractivity contribution in [2.45, 2.75) is 50.5 Å². The van der Waals surface area contributed by atoms with E-state index in [0.29, 0.717) is 13.0 Å².